The Morgan fingerprint density at radius 1 is 1.18 bits per heavy atom. The summed E-state index contributed by atoms with van der Waals surface area (Å²) in [4.78, 5) is 12.4. The quantitative estimate of drug-likeness (QED) is 0.702. The van der Waals surface area contributed by atoms with Crippen LogP contribution in [0.15, 0.2) is 30.3 Å². The first-order chi connectivity index (χ1) is 8.21. The topological polar surface area (TPSA) is 17.1 Å². The summed E-state index contributed by atoms with van der Waals surface area (Å²) in [5.74, 6) is 5.93. The first kappa shape index (κ1) is 13.5. The molecule has 17 heavy (non-hydrogen) atoms. The number of hydrogen-bond acceptors (Lipinski definition) is 1. The average Bonchev–Trinajstić information content (AvgIpc) is 2.39. The SMILES string of the molecule is CC#CCC(=O)C(CC)(CC)c1ccccc1. The molecule has 1 nitrogen and oxygen atoms in total. The zero-order valence-corrected chi connectivity index (χ0v) is 10.9. The van der Waals surface area contributed by atoms with E-state index in [1.165, 1.54) is 0 Å². The van der Waals surface area contributed by atoms with Gasteiger partial charge in [0.05, 0.1) is 11.8 Å². The molecule has 1 aromatic carbocycles. The molecule has 0 atom stereocenters. The van der Waals surface area contributed by atoms with E-state index in [-0.39, 0.29) is 11.2 Å². The van der Waals surface area contributed by atoms with E-state index in [9.17, 15) is 4.79 Å². The number of carbonyl (C=O) groups is 1. The van der Waals surface area contributed by atoms with Crippen molar-refractivity contribution in [2.24, 2.45) is 0 Å². The van der Waals surface area contributed by atoms with Crippen LogP contribution >= 0.6 is 0 Å². The molecule has 1 heteroatoms. The molecular weight excluding hydrogens is 208 g/mol. The molecule has 0 aliphatic rings. The summed E-state index contributed by atoms with van der Waals surface area (Å²) in [5, 5.41) is 0. The van der Waals surface area contributed by atoms with Crippen LogP contribution in [0.3, 0.4) is 0 Å². The average molecular weight is 228 g/mol. The van der Waals surface area contributed by atoms with Crippen molar-refractivity contribution >= 4 is 5.78 Å². The van der Waals surface area contributed by atoms with E-state index in [2.05, 4.69) is 25.7 Å². The lowest BCUT2D eigenvalue weighted by molar-refractivity contribution is -0.123. The Hall–Kier alpha value is -1.55. The Morgan fingerprint density at radius 3 is 2.24 bits per heavy atom. The molecule has 0 radical (unpaired) electrons. The highest BCUT2D eigenvalue weighted by atomic mass is 16.1. The summed E-state index contributed by atoms with van der Waals surface area (Å²) in [6.45, 7) is 5.93. The molecule has 0 fully saturated rings. The van der Waals surface area contributed by atoms with E-state index in [4.69, 9.17) is 0 Å². The van der Waals surface area contributed by atoms with Crippen LogP contribution in [0.25, 0.3) is 0 Å². The van der Waals surface area contributed by atoms with Gasteiger partial charge in [-0.1, -0.05) is 50.1 Å². The van der Waals surface area contributed by atoms with Gasteiger partial charge in [-0.2, -0.15) is 0 Å². The molecule has 0 aliphatic carbocycles. The van der Waals surface area contributed by atoms with Crippen molar-refractivity contribution in [1.29, 1.82) is 0 Å². The maximum Gasteiger partial charge on any atom is 0.155 e. The number of rotatable bonds is 5. The Balaban J connectivity index is 3.12. The minimum atomic E-state index is -0.356. The smallest absolute Gasteiger partial charge is 0.155 e. The van der Waals surface area contributed by atoms with Gasteiger partial charge in [-0.25, -0.2) is 0 Å². The zero-order chi connectivity index (χ0) is 12.7. The number of Topliss-reactive ketones (excluding diaryl/α,β-unsaturated/α-hetero) is 1. The largest absolute Gasteiger partial charge is 0.298 e. The van der Waals surface area contributed by atoms with Crippen molar-refractivity contribution in [2.75, 3.05) is 0 Å². The number of ketones is 1. The lowest BCUT2D eigenvalue weighted by Gasteiger charge is -2.30. The Labute approximate surface area is 104 Å². The second kappa shape index (κ2) is 6.25. The molecule has 0 heterocycles. The summed E-state index contributed by atoms with van der Waals surface area (Å²) in [6.07, 6.45) is 2.02. The van der Waals surface area contributed by atoms with Gasteiger partial charge in [0, 0.05) is 0 Å². The van der Waals surface area contributed by atoms with Crippen LogP contribution in [0, 0.1) is 11.8 Å². The van der Waals surface area contributed by atoms with Crippen molar-refractivity contribution in [2.45, 2.75) is 45.4 Å². The van der Waals surface area contributed by atoms with Gasteiger partial charge in [0.2, 0.25) is 0 Å². The summed E-state index contributed by atoms with van der Waals surface area (Å²) in [7, 11) is 0. The van der Waals surface area contributed by atoms with Crippen LogP contribution in [-0.2, 0) is 10.2 Å². The first-order valence-corrected chi connectivity index (χ1v) is 6.19. The van der Waals surface area contributed by atoms with Gasteiger partial charge >= 0.3 is 0 Å². The standard InChI is InChI=1S/C16H20O/c1-4-7-13-15(17)16(5-2,6-3)14-11-9-8-10-12-14/h8-12H,5-6,13H2,1-3H3. The zero-order valence-electron chi connectivity index (χ0n) is 10.9. The minimum Gasteiger partial charge on any atom is -0.298 e. The summed E-state index contributed by atoms with van der Waals surface area (Å²) < 4.78 is 0. The fraction of sp³-hybridized carbons (Fsp3) is 0.438. The number of benzene rings is 1. The van der Waals surface area contributed by atoms with Gasteiger partial charge in [0.15, 0.2) is 5.78 Å². The second-order valence-electron chi connectivity index (χ2n) is 4.18. The highest BCUT2D eigenvalue weighted by Gasteiger charge is 2.35. The highest BCUT2D eigenvalue weighted by molar-refractivity contribution is 5.91. The fourth-order valence-corrected chi connectivity index (χ4v) is 2.31. The number of hydrogen-bond donors (Lipinski definition) is 0. The third kappa shape index (κ3) is 2.77. The van der Waals surface area contributed by atoms with E-state index in [0.29, 0.717) is 6.42 Å². The fourth-order valence-electron chi connectivity index (χ4n) is 2.31. The maximum atomic E-state index is 12.4. The van der Waals surface area contributed by atoms with E-state index in [1.54, 1.807) is 6.92 Å². The normalized spacial score (nSPS) is 10.5. The van der Waals surface area contributed by atoms with Crippen LogP contribution in [0.5, 0.6) is 0 Å². The number of carbonyl (C=O) groups excluding carboxylic acids is 1. The molecule has 0 spiro atoms. The summed E-state index contributed by atoms with van der Waals surface area (Å²) >= 11 is 0. The molecule has 0 saturated carbocycles. The van der Waals surface area contributed by atoms with Crippen LogP contribution in [0.4, 0.5) is 0 Å². The van der Waals surface area contributed by atoms with Crippen LogP contribution in [-0.4, -0.2) is 5.78 Å². The van der Waals surface area contributed by atoms with E-state index in [0.717, 1.165) is 18.4 Å². The Morgan fingerprint density at radius 2 is 1.76 bits per heavy atom. The summed E-state index contributed by atoms with van der Waals surface area (Å²) in [6, 6.07) is 10.1. The maximum absolute atomic E-state index is 12.4. The molecule has 0 aliphatic heterocycles. The van der Waals surface area contributed by atoms with E-state index >= 15 is 0 Å². The van der Waals surface area contributed by atoms with Crippen LogP contribution < -0.4 is 0 Å². The highest BCUT2D eigenvalue weighted by Crippen LogP contribution is 2.33. The third-order valence-electron chi connectivity index (χ3n) is 3.49. The molecule has 0 unspecified atom stereocenters. The van der Waals surface area contributed by atoms with E-state index < -0.39 is 0 Å². The van der Waals surface area contributed by atoms with Crippen LogP contribution in [0.1, 0.15) is 45.6 Å². The van der Waals surface area contributed by atoms with Gasteiger partial charge in [0.25, 0.3) is 0 Å². The van der Waals surface area contributed by atoms with Crippen molar-refractivity contribution in [3.63, 3.8) is 0 Å². The van der Waals surface area contributed by atoms with Crippen LogP contribution in [0.2, 0.25) is 0 Å². The van der Waals surface area contributed by atoms with Gasteiger partial charge in [-0.3, -0.25) is 4.79 Å². The second-order valence-corrected chi connectivity index (χ2v) is 4.18. The Bertz CT molecular complexity index is 416. The minimum absolute atomic E-state index is 0.239. The van der Waals surface area contributed by atoms with Gasteiger partial charge in [-0.15, -0.1) is 5.92 Å². The van der Waals surface area contributed by atoms with E-state index in [1.807, 2.05) is 30.3 Å². The molecule has 1 aromatic rings. The van der Waals surface area contributed by atoms with Crippen molar-refractivity contribution in [3.05, 3.63) is 35.9 Å². The van der Waals surface area contributed by atoms with Gasteiger partial charge < -0.3 is 0 Å². The first-order valence-electron chi connectivity index (χ1n) is 6.19. The molecular formula is C16H20O. The third-order valence-corrected chi connectivity index (χ3v) is 3.49. The van der Waals surface area contributed by atoms with Crippen molar-refractivity contribution in [1.82, 2.24) is 0 Å². The Kier molecular flexibility index (Phi) is 4.97. The molecule has 0 amide bonds. The van der Waals surface area contributed by atoms with Crippen molar-refractivity contribution in [3.8, 4) is 11.8 Å². The monoisotopic (exact) mass is 228 g/mol. The molecule has 1 rings (SSSR count). The molecule has 0 bridgehead atoms. The molecule has 90 valence electrons. The van der Waals surface area contributed by atoms with Gasteiger partial charge in [0.1, 0.15) is 0 Å². The van der Waals surface area contributed by atoms with Gasteiger partial charge in [-0.05, 0) is 25.3 Å². The lowest BCUT2D eigenvalue weighted by atomic mass is 9.71. The molecule has 0 saturated heterocycles. The predicted molar refractivity (Wildman–Crippen MR) is 71.8 cm³/mol. The lowest BCUT2D eigenvalue weighted by Crippen LogP contribution is -2.34. The molecule has 0 aromatic heterocycles. The molecule has 0 N–H and O–H groups in total. The van der Waals surface area contributed by atoms with Crippen molar-refractivity contribution < 1.29 is 4.79 Å². The predicted octanol–water partition coefficient (Wildman–Crippen LogP) is 3.73. The summed E-state index contributed by atoms with van der Waals surface area (Å²) in [5.41, 5.74) is 0.762.